The summed E-state index contributed by atoms with van der Waals surface area (Å²) in [5.41, 5.74) is -3.21. The highest BCUT2D eigenvalue weighted by Gasteiger charge is 2.54. The number of hydrogen-bond donors (Lipinski definition) is 1. The Bertz CT molecular complexity index is 615. The summed E-state index contributed by atoms with van der Waals surface area (Å²) in [7, 11) is 0. The van der Waals surface area contributed by atoms with Crippen LogP contribution < -0.4 is 5.32 Å². The van der Waals surface area contributed by atoms with Gasteiger partial charge in [0.25, 0.3) is 5.91 Å². The quantitative estimate of drug-likeness (QED) is 0.755. The number of alkyl halides is 3. The van der Waals surface area contributed by atoms with Gasteiger partial charge < -0.3 is 5.32 Å². The molecule has 1 heterocycles. The molecule has 1 amide bonds. The molecule has 1 atom stereocenters. The topological polar surface area (TPSA) is 56.1 Å². The molecule has 1 unspecified atom stereocenters. The van der Waals surface area contributed by atoms with Crippen molar-refractivity contribution in [3.8, 4) is 6.07 Å². The van der Waals surface area contributed by atoms with E-state index in [0.717, 1.165) is 17.1 Å². The van der Waals surface area contributed by atoms with Crippen molar-refractivity contribution in [2.75, 3.05) is 0 Å². The lowest BCUT2D eigenvalue weighted by Gasteiger charge is -2.29. The van der Waals surface area contributed by atoms with E-state index in [-0.39, 0.29) is 16.7 Å². The second kappa shape index (κ2) is 4.56. The summed E-state index contributed by atoms with van der Waals surface area (Å²) in [6.45, 7) is 3.26. The van der Waals surface area contributed by atoms with Crippen LogP contribution in [0.3, 0.4) is 0 Å². The van der Waals surface area contributed by atoms with Gasteiger partial charge in [-0.15, -0.1) is 0 Å². The van der Waals surface area contributed by atoms with E-state index >= 15 is 0 Å². The van der Waals surface area contributed by atoms with Crippen molar-refractivity contribution >= 4 is 23.2 Å². The van der Waals surface area contributed by atoms with Gasteiger partial charge in [-0.1, -0.05) is 12.2 Å². The highest BCUT2D eigenvalue weighted by molar-refractivity contribution is 7.80. The van der Waals surface area contributed by atoms with Gasteiger partial charge in [-0.3, -0.25) is 9.69 Å². The van der Waals surface area contributed by atoms with Crippen molar-refractivity contribution in [3.05, 3.63) is 23.9 Å². The minimum atomic E-state index is -4.67. The van der Waals surface area contributed by atoms with Gasteiger partial charge in [-0.25, -0.2) is 0 Å². The Balaban J connectivity index is 2.31. The van der Waals surface area contributed by atoms with Crippen LogP contribution in [0.1, 0.15) is 20.3 Å². The van der Waals surface area contributed by atoms with Gasteiger partial charge in [0.1, 0.15) is 5.54 Å². The predicted molar refractivity (Wildman–Crippen MR) is 72.6 cm³/mol. The SMILES string of the molecule is CC1(C)NC(=S)N(C2=CCC(C#N)(C(F)(F)F)C=C2)C1=O. The van der Waals surface area contributed by atoms with Gasteiger partial charge in [0.2, 0.25) is 0 Å². The first kappa shape index (κ1) is 15.5. The van der Waals surface area contributed by atoms with E-state index in [1.165, 1.54) is 12.1 Å². The zero-order valence-electron chi connectivity index (χ0n) is 11.3. The Hall–Kier alpha value is -1.88. The van der Waals surface area contributed by atoms with Crippen LogP contribution >= 0.6 is 12.2 Å². The fraction of sp³-hybridized carbons (Fsp3) is 0.462. The van der Waals surface area contributed by atoms with Crippen LogP contribution in [-0.2, 0) is 4.79 Å². The molecule has 0 aromatic heterocycles. The summed E-state index contributed by atoms with van der Waals surface area (Å²) in [5, 5.41) is 11.8. The smallest absolute Gasteiger partial charge is 0.348 e. The van der Waals surface area contributed by atoms with Crippen LogP contribution in [-0.4, -0.2) is 27.6 Å². The summed E-state index contributed by atoms with van der Waals surface area (Å²) in [5.74, 6) is -0.347. The van der Waals surface area contributed by atoms with Crippen molar-refractivity contribution in [3.63, 3.8) is 0 Å². The first-order chi connectivity index (χ1) is 9.54. The van der Waals surface area contributed by atoms with Gasteiger partial charge in [0.05, 0.1) is 6.07 Å². The number of carbonyl (C=O) groups is 1. The Morgan fingerprint density at radius 2 is 2.10 bits per heavy atom. The third-order valence-electron chi connectivity index (χ3n) is 3.50. The average Bonchev–Trinajstić information content (AvgIpc) is 2.57. The van der Waals surface area contributed by atoms with Gasteiger partial charge in [0.15, 0.2) is 10.5 Å². The van der Waals surface area contributed by atoms with Crippen LogP contribution in [0, 0.1) is 16.7 Å². The van der Waals surface area contributed by atoms with Crippen LogP contribution in [0.5, 0.6) is 0 Å². The number of carbonyl (C=O) groups excluding carboxylic acids is 1. The molecule has 2 rings (SSSR count). The molecule has 2 aliphatic rings. The number of nitrogens with zero attached hydrogens (tertiary/aromatic N) is 2. The molecule has 4 nitrogen and oxygen atoms in total. The predicted octanol–water partition coefficient (Wildman–Crippen LogP) is 2.40. The fourth-order valence-corrected chi connectivity index (χ4v) is 2.58. The van der Waals surface area contributed by atoms with Crippen molar-refractivity contribution in [1.82, 2.24) is 10.2 Å². The van der Waals surface area contributed by atoms with E-state index in [2.05, 4.69) is 5.32 Å². The molecule has 1 fully saturated rings. The summed E-state index contributed by atoms with van der Waals surface area (Å²) in [6.07, 6.45) is -2.11. The lowest BCUT2D eigenvalue weighted by atomic mass is 9.81. The van der Waals surface area contributed by atoms with Gasteiger partial charge >= 0.3 is 6.18 Å². The Morgan fingerprint density at radius 3 is 2.43 bits per heavy atom. The first-order valence-electron chi connectivity index (χ1n) is 6.08. The molecule has 0 aromatic rings. The van der Waals surface area contributed by atoms with E-state index in [4.69, 9.17) is 17.5 Å². The molecule has 0 radical (unpaired) electrons. The van der Waals surface area contributed by atoms with Crippen molar-refractivity contribution in [2.45, 2.75) is 32.0 Å². The van der Waals surface area contributed by atoms with Crippen LogP contribution in [0.4, 0.5) is 13.2 Å². The molecule has 1 aliphatic carbocycles. The highest BCUT2D eigenvalue weighted by atomic mass is 32.1. The molecule has 0 aromatic carbocycles. The van der Waals surface area contributed by atoms with Gasteiger partial charge in [0, 0.05) is 5.70 Å². The molecule has 21 heavy (non-hydrogen) atoms. The summed E-state index contributed by atoms with van der Waals surface area (Å²) < 4.78 is 38.9. The molecule has 1 aliphatic heterocycles. The maximum absolute atomic E-state index is 13.0. The number of hydrogen-bond acceptors (Lipinski definition) is 3. The van der Waals surface area contributed by atoms with E-state index < -0.39 is 23.6 Å². The third-order valence-corrected chi connectivity index (χ3v) is 3.78. The number of thiocarbonyl (C=S) groups is 1. The maximum Gasteiger partial charge on any atom is 0.410 e. The number of amides is 1. The van der Waals surface area contributed by atoms with Crippen LogP contribution in [0.25, 0.3) is 0 Å². The zero-order chi connectivity index (χ0) is 16.1. The van der Waals surface area contributed by atoms with Crippen LogP contribution in [0.15, 0.2) is 23.9 Å². The van der Waals surface area contributed by atoms with E-state index in [0.29, 0.717) is 0 Å². The molecule has 0 bridgehead atoms. The van der Waals surface area contributed by atoms with Crippen LogP contribution in [0.2, 0.25) is 0 Å². The number of halogens is 3. The summed E-state index contributed by atoms with van der Waals surface area (Å²) in [4.78, 5) is 13.3. The number of nitrogens with one attached hydrogen (secondary N) is 1. The zero-order valence-corrected chi connectivity index (χ0v) is 12.1. The Kier molecular flexibility index (Phi) is 3.37. The molecule has 112 valence electrons. The molecule has 1 saturated heterocycles. The van der Waals surface area contributed by atoms with Crippen molar-refractivity contribution in [2.24, 2.45) is 5.41 Å². The molecular formula is C13H12F3N3OS. The number of rotatable bonds is 1. The number of nitriles is 1. The second-order valence-corrected chi connectivity index (χ2v) is 5.83. The molecule has 8 heteroatoms. The third kappa shape index (κ3) is 2.31. The monoisotopic (exact) mass is 315 g/mol. The maximum atomic E-state index is 13.0. The van der Waals surface area contributed by atoms with E-state index in [1.54, 1.807) is 13.8 Å². The van der Waals surface area contributed by atoms with Gasteiger partial charge in [-0.05, 0) is 38.6 Å². The second-order valence-electron chi connectivity index (χ2n) is 5.44. The Morgan fingerprint density at radius 1 is 1.48 bits per heavy atom. The van der Waals surface area contributed by atoms with Crippen molar-refractivity contribution in [1.29, 1.82) is 5.26 Å². The van der Waals surface area contributed by atoms with Crippen molar-refractivity contribution < 1.29 is 18.0 Å². The van der Waals surface area contributed by atoms with E-state index in [9.17, 15) is 18.0 Å². The lowest BCUT2D eigenvalue weighted by molar-refractivity contribution is -0.185. The first-order valence-corrected chi connectivity index (χ1v) is 6.49. The lowest BCUT2D eigenvalue weighted by Crippen LogP contribution is -2.40. The number of allylic oxidation sites excluding steroid dienone is 3. The fourth-order valence-electron chi connectivity index (χ4n) is 2.13. The Labute approximate surface area is 124 Å². The largest absolute Gasteiger partial charge is 0.410 e. The highest BCUT2D eigenvalue weighted by Crippen LogP contribution is 2.45. The molecule has 1 N–H and O–H groups in total. The summed E-state index contributed by atoms with van der Waals surface area (Å²) in [6, 6.07) is 1.30. The van der Waals surface area contributed by atoms with E-state index in [1.807, 2.05) is 0 Å². The molecule has 0 saturated carbocycles. The average molecular weight is 315 g/mol. The normalized spacial score (nSPS) is 28.2. The minimum Gasteiger partial charge on any atom is -0.348 e. The molecule has 0 spiro atoms. The van der Waals surface area contributed by atoms with Gasteiger partial charge in [-0.2, -0.15) is 18.4 Å². The summed E-state index contributed by atoms with van der Waals surface area (Å²) >= 11 is 5.04. The minimum absolute atomic E-state index is 0.136. The molecular weight excluding hydrogens is 303 g/mol. The standard InChI is InChI=1S/C13H12F3N3OS/c1-11(2)9(20)19(10(21)18-11)8-3-5-12(7-17,6-4-8)13(14,15)16/h3-5H,6H2,1-2H3,(H,18,21).